The summed E-state index contributed by atoms with van der Waals surface area (Å²) in [5.41, 5.74) is 4.68. The molecule has 0 atom stereocenters. The number of aromatic nitrogens is 5. The molecule has 1 amide bonds. The molecule has 1 saturated heterocycles. The molecule has 39 heavy (non-hydrogen) atoms. The lowest BCUT2D eigenvalue weighted by Crippen LogP contribution is -2.38. The highest BCUT2D eigenvalue weighted by molar-refractivity contribution is 5.91. The van der Waals surface area contributed by atoms with Crippen molar-refractivity contribution in [2.75, 3.05) is 43.7 Å². The third-order valence-corrected chi connectivity index (χ3v) is 6.67. The van der Waals surface area contributed by atoms with Crippen LogP contribution in [0.3, 0.4) is 0 Å². The minimum Gasteiger partial charge on any atom is -0.433 e. The number of anilines is 3. The number of nitrogens with one attached hydrogen (secondary N) is 2. The molecule has 12 heteroatoms. The molecule has 1 fully saturated rings. The number of hydrogen-bond donors (Lipinski definition) is 2. The standard InChI is InChI=1S/C27H27FN8O3/c1-18-23(33-27(37)39-17-34-7-9-38-10-8-34)15-36-25(18)26(29-16-31-36)32-22-5-6-24-20(12-22)13-30-35(24)14-19-3-2-4-21(28)11-19/h2-6,11-13,15-16H,7-10,14,17H2,1H3,(H,33,37)(H,29,31,32). The smallest absolute Gasteiger partial charge is 0.413 e. The number of carbonyl (C=O) groups excluding carboxylic acids is 1. The van der Waals surface area contributed by atoms with E-state index in [1.54, 1.807) is 23.0 Å². The van der Waals surface area contributed by atoms with Crippen LogP contribution in [0.5, 0.6) is 0 Å². The van der Waals surface area contributed by atoms with Gasteiger partial charge in [-0.1, -0.05) is 12.1 Å². The molecule has 0 bridgehead atoms. The summed E-state index contributed by atoms with van der Waals surface area (Å²) < 4.78 is 27.8. The van der Waals surface area contributed by atoms with E-state index < -0.39 is 6.09 Å². The summed E-state index contributed by atoms with van der Waals surface area (Å²) in [4.78, 5) is 18.9. The van der Waals surface area contributed by atoms with Crippen molar-refractivity contribution in [2.45, 2.75) is 13.5 Å². The van der Waals surface area contributed by atoms with E-state index in [1.807, 2.05) is 40.8 Å². The van der Waals surface area contributed by atoms with E-state index in [-0.39, 0.29) is 12.5 Å². The van der Waals surface area contributed by atoms with Crippen LogP contribution in [-0.4, -0.2) is 68.4 Å². The van der Waals surface area contributed by atoms with Crippen LogP contribution in [-0.2, 0) is 16.0 Å². The number of benzene rings is 2. The Hall–Kier alpha value is -4.55. The van der Waals surface area contributed by atoms with E-state index in [0.717, 1.165) is 46.3 Å². The van der Waals surface area contributed by atoms with Crippen LogP contribution in [0.25, 0.3) is 16.4 Å². The lowest BCUT2D eigenvalue weighted by Gasteiger charge is -2.25. The second-order valence-corrected chi connectivity index (χ2v) is 9.32. The molecule has 11 nitrogen and oxygen atoms in total. The van der Waals surface area contributed by atoms with Gasteiger partial charge in [-0.25, -0.2) is 18.7 Å². The van der Waals surface area contributed by atoms with Crippen LogP contribution >= 0.6 is 0 Å². The number of ether oxygens (including phenoxy) is 2. The molecule has 1 aliphatic heterocycles. The number of rotatable bonds is 7. The molecule has 3 aromatic heterocycles. The first kappa shape index (κ1) is 24.8. The Morgan fingerprint density at radius 2 is 2.03 bits per heavy atom. The Balaban J connectivity index is 1.18. The van der Waals surface area contributed by atoms with Gasteiger partial charge in [0.15, 0.2) is 5.82 Å². The zero-order valence-corrected chi connectivity index (χ0v) is 21.3. The maximum atomic E-state index is 13.6. The van der Waals surface area contributed by atoms with E-state index in [2.05, 4.69) is 25.8 Å². The van der Waals surface area contributed by atoms with Crippen molar-refractivity contribution in [3.63, 3.8) is 0 Å². The minimum absolute atomic E-state index is 0.204. The van der Waals surface area contributed by atoms with Gasteiger partial charge in [0.1, 0.15) is 24.4 Å². The Kier molecular flexibility index (Phi) is 6.78. The molecular weight excluding hydrogens is 503 g/mol. The molecule has 2 N–H and O–H groups in total. The van der Waals surface area contributed by atoms with Gasteiger partial charge in [0.05, 0.1) is 43.4 Å². The molecule has 0 radical (unpaired) electrons. The SMILES string of the molecule is Cc1c(NC(=O)OCN2CCOCC2)cn2ncnc(Nc3ccc4c(cnn4Cc4cccc(F)c4)c3)c12. The van der Waals surface area contributed by atoms with E-state index >= 15 is 0 Å². The number of amides is 1. The summed E-state index contributed by atoms with van der Waals surface area (Å²) in [6.45, 7) is 5.28. The zero-order chi connectivity index (χ0) is 26.8. The summed E-state index contributed by atoms with van der Waals surface area (Å²) in [6.07, 6.45) is 4.42. The number of nitrogens with zero attached hydrogens (tertiary/aromatic N) is 6. The van der Waals surface area contributed by atoms with Gasteiger partial charge in [-0.2, -0.15) is 10.2 Å². The highest BCUT2D eigenvalue weighted by Crippen LogP contribution is 2.29. The van der Waals surface area contributed by atoms with Crippen molar-refractivity contribution >= 4 is 39.7 Å². The number of halogens is 1. The molecular formula is C27H27FN8O3. The second-order valence-electron chi connectivity index (χ2n) is 9.32. The van der Waals surface area contributed by atoms with E-state index in [0.29, 0.717) is 31.3 Å². The van der Waals surface area contributed by atoms with Gasteiger partial charge in [0.2, 0.25) is 0 Å². The monoisotopic (exact) mass is 530 g/mol. The van der Waals surface area contributed by atoms with Gasteiger partial charge < -0.3 is 14.8 Å². The Morgan fingerprint density at radius 3 is 2.87 bits per heavy atom. The number of aryl methyl sites for hydroxylation is 1. The average molecular weight is 531 g/mol. The minimum atomic E-state index is -0.538. The van der Waals surface area contributed by atoms with Crippen molar-refractivity contribution in [3.05, 3.63) is 78.1 Å². The van der Waals surface area contributed by atoms with Crippen LogP contribution in [0.15, 0.2) is 61.2 Å². The van der Waals surface area contributed by atoms with E-state index in [9.17, 15) is 9.18 Å². The molecule has 0 saturated carbocycles. The highest BCUT2D eigenvalue weighted by atomic mass is 19.1. The van der Waals surface area contributed by atoms with Gasteiger partial charge in [0, 0.05) is 29.7 Å². The van der Waals surface area contributed by atoms with E-state index in [1.165, 1.54) is 18.5 Å². The molecule has 0 unspecified atom stereocenters. The van der Waals surface area contributed by atoms with Gasteiger partial charge in [-0.05, 0) is 42.8 Å². The van der Waals surface area contributed by atoms with Crippen molar-refractivity contribution in [3.8, 4) is 0 Å². The van der Waals surface area contributed by atoms with Crippen molar-refractivity contribution in [1.82, 2.24) is 29.3 Å². The average Bonchev–Trinajstić information content (AvgIpc) is 3.48. The highest BCUT2D eigenvalue weighted by Gasteiger charge is 2.17. The molecule has 1 aliphatic rings. The predicted octanol–water partition coefficient (Wildman–Crippen LogP) is 4.16. The summed E-state index contributed by atoms with van der Waals surface area (Å²) in [7, 11) is 0. The van der Waals surface area contributed by atoms with Crippen LogP contribution in [0.1, 0.15) is 11.1 Å². The first-order valence-electron chi connectivity index (χ1n) is 12.6. The summed E-state index contributed by atoms with van der Waals surface area (Å²) in [6, 6.07) is 12.4. The molecule has 6 rings (SSSR count). The maximum absolute atomic E-state index is 13.6. The molecule has 5 aromatic rings. The van der Waals surface area contributed by atoms with Crippen LogP contribution < -0.4 is 10.6 Å². The normalized spacial score (nSPS) is 14.1. The predicted molar refractivity (Wildman–Crippen MR) is 144 cm³/mol. The fourth-order valence-corrected chi connectivity index (χ4v) is 4.64. The second kappa shape index (κ2) is 10.7. The number of fused-ring (bicyclic) bond motifs is 2. The van der Waals surface area contributed by atoms with Crippen molar-refractivity contribution in [1.29, 1.82) is 0 Å². The topological polar surface area (TPSA) is 111 Å². The Bertz CT molecular complexity index is 1640. The van der Waals surface area contributed by atoms with Crippen molar-refractivity contribution < 1.29 is 18.7 Å². The van der Waals surface area contributed by atoms with Crippen LogP contribution in [0, 0.1) is 12.7 Å². The lowest BCUT2D eigenvalue weighted by atomic mass is 10.2. The Labute approximate surface area is 223 Å². The number of hydrogen-bond acceptors (Lipinski definition) is 8. The summed E-state index contributed by atoms with van der Waals surface area (Å²) >= 11 is 0. The van der Waals surface area contributed by atoms with Gasteiger partial charge in [-0.15, -0.1) is 0 Å². The molecule has 2 aromatic carbocycles. The Morgan fingerprint density at radius 1 is 1.15 bits per heavy atom. The third-order valence-electron chi connectivity index (χ3n) is 6.67. The van der Waals surface area contributed by atoms with Gasteiger partial charge in [-0.3, -0.25) is 14.9 Å². The number of carbonyl (C=O) groups is 1. The fraction of sp³-hybridized carbons (Fsp3) is 0.259. The molecule has 0 spiro atoms. The van der Waals surface area contributed by atoms with E-state index in [4.69, 9.17) is 9.47 Å². The van der Waals surface area contributed by atoms with Crippen LogP contribution in [0.4, 0.5) is 26.4 Å². The lowest BCUT2D eigenvalue weighted by molar-refractivity contribution is -0.00740. The number of morpholine rings is 1. The first-order chi connectivity index (χ1) is 19.0. The van der Waals surface area contributed by atoms with Gasteiger partial charge >= 0.3 is 6.09 Å². The van der Waals surface area contributed by atoms with Crippen molar-refractivity contribution in [2.24, 2.45) is 0 Å². The summed E-state index contributed by atoms with van der Waals surface area (Å²) in [5.74, 6) is 0.319. The maximum Gasteiger partial charge on any atom is 0.413 e. The fourth-order valence-electron chi connectivity index (χ4n) is 4.64. The zero-order valence-electron chi connectivity index (χ0n) is 21.3. The molecule has 4 heterocycles. The third kappa shape index (κ3) is 5.38. The largest absolute Gasteiger partial charge is 0.433 e. The molecule has 200 valence electrons. The first-order valence-corrected chi connectivity index (χ1v) is 12.6. The van der Waals surface area contributed by atoms with Gasteiger partial charge in [0.25, 0.3) is 0 Å². The summed E-state index contributed by atoms with van der Waals surface area (Å²) in [5, 5.41) is 15.9. The quantitative estimate of drug-likeness (QED) is 0.323. The molecule has 0 aliphatic carbocycles. The van der Waals surface area contributed by atoms with Crippen LogP contribution in [0.2, 0.25) is 0 Å².